The molecule has 8 heteroatoms. The number of halogens is 2. The van der Waals surface area contributed by atoms with Crippen LogP contribution in [0.25, 0.3) is 5.69 Å². The van der Waals surface area contributed by atoms with Gasteiger partial charge in [-0.05, 0) is 50.2 Å². The lowest BCUT2D eigenvalue weighted by Gasteiger charge is -2.09. The third-order valence-corrected chi connectivity index (χ3v) is 4.75. The Hall–Kier alpha value is -2.74. The molecule has 0 aliphatic heterocycles. The van der Waals surface area contributed by atoms with E-state index in [9.17, 15) is 13.6 Å². The summed E-state index contributed by atoms with van der Waals surface area (Å²) >= 11 is 1.27. The van der Waals surface area contributed by atoms with Crippen LogP contribution in [0.5, 0.6) is 5.75 Å². The molecule has 1 heterocycles. The van der Waals surface area contributed by atoms with Crippen LogP contribution >= 0.6 is 11.8 Å². The van der Waals surface area contributed by atoms with Crippen LogP contribution in [0.3, 0.4) is 0 Å². The van der Waals surface area contributed by atoms with Gasteiger partial charge in [0.1, 0.15) is 11.6 Å². The summed E-state index contributed by atoms with van der Waals surface area (Å²) in [5.41, 5.74) is 2.49. The van der Waals surface area contributed by atoms with Crippen molar-refractivity contribution < 1.29 is 18.3 Å². The van der Waals surface area contributed by atoms with Crippen LogP contribution in [-0.4, -0.2) is 32.9 Å². The smallest absolute Gasteiger partial charge is 0.387 e. The van der Waals surface area contributed by atoms with Crippen molar-refractivity contribution >= 4 is 17.5 Å². The Labute approximate surface area is 159 Å². The monoisotopic (exact) mass is 389 g/mol. The summed E-state index contributed by atoms with van der Waals surface area (Å²) in [5, 5.41) is 8.86. The van der Waals surface area contributed by atoms with Gasteiger partial charge < -0.3 is 4.74 Å². The maximum atomic E-state index is 12.4. The van der Waals surface area contributed by atoms with E-state index >= 15 is 0 Å². The summed E-state index contributed by atoms with van der Waals surface area (Å²) in [7, 11) is 0. The highest BCUT2D eigenvalue weighted by Crippen LogP contribution is 2.23. The van der Waals surface area contributed by atoms with Gasteiger partial charge in [0, 0.05) is 11.3 Å². The van der Waals surface area contributed by atoms with Gasteiger partial charge in [0.2, 0.25) is 0 Å². The number of ketones is 1. The van der Waals surface area contributed by atoms with Gasteiger partial charge in [0.05, 0.1) is 5.75 Å². The summed E-state index contributed by atoms with van der Waals surface area (Å²) < 4.78 is 30.5. The molecule has 0 spiro atoms. The molecule has 1 aromatic heterocycles. The number of carbonyl (C=O) groups excluding carboxylic acids is 1. The van der Waals surface area contributed by atoms with Crippen LogP contribution in [0.1, 0.15) is 21.7 Å². The zero-order valence-corrected chi connectivity index (χ0v) is 15.5. The lowest BCUT2D eigenvalue weighted by atomic mass is 10.1. The first-order chi connectivity index (χ1) is 12.9. The van der Waals surface area contributed by atoms with Gasteiger partial charge in [-0.25, -0.2) is 0 Å². The van der Waals surface area contributed by atoms with Crippen molar-refractivity contribution in [3.8, 4) is 11.4 Å². The average Bonchev–Trinajstić information content (AvgIpc) is 3.01. The van der Waals surface area contributed by atoms with Crippen molar-refractivity contribution in [2.45, 2.75) is 25.6 Å². The van der Waals surface area contributed by atoms with Crippen LogP contribution in [0.15, 0.2) is 53.7 Å². The third-order valence-electron chi connectivity index (χ3n) is 3.82. The number of Topliss-reactive ketones (excluding diaryl/α,β-unsaturated/α-hetero) is 1. The number of carbonyl (C=O) groups is 1. The normalized spacial score (nSPS) is 11.0. The van der Waals surface area contributed by atoms with E-state index in [1.807, 2.05) is 42.7 Å². The number of hydrogen-bond acceptors (Lipinski definition) is 5. The topological polar surface area (TPSA) is 57.0 Å². The minimum atomic E-state index is -2.89. The Morgan fingerprint density at radius 1 is 1.07 bits per heavy atom. The molecule has 0 amide bonds. The first kappa shape index (κ1) is 19.0. The van der Waals surface area contributed by atoms with Crippen LogP contribution in [-0.2, 0) is 0 Å². The van der Waals surface area contributed by atoms with E-state index in [-0.39, 0.29) is 17.3 Å². The fourth-order valence-corrected chi connectivity index (χ4v) is 3.36. The van der Waals surface area contributed by atoms with Crippen molar-refractivity contribution in [2.75, 3.05) is 5.75 Å². The lowest BCUT2D eigenvalue weighted by Crippen LogP contribution is -2.06. The van der Waals surface area contributed by atoms with E-state index in [0.29, 0.717) is 10.7 Å². The first-order valence-corrected chi connectivity index (χ1v) is 9.12. The second-order valence-electron chi connectivity index (χ2n) is 5.82. The highest BCUT2D eigenvalue weighted by Gasteiger charge is 2.14. The van der Waals surface area contributed by atoms with E-state index in [1.54, 1.807) is 0 Å². The Morgan fingerprint density at radius 3 is 2.37 bits per heavy atom. The minimum absolute atomic E-state index is 0.0175. The molecule has 0 bridgehead atoms. The lowest BCUT2D eigenvalue weighted by molar-refractivity contribution is -0.0498. The fraction of sp³-hybridized carbons (Fsp3) is 0.211. The fourth-order valence-electron chi connectivity index (χ4n) is 2.46. The van der Waals surface area contributed by atoms with Crippen molar-refractivity contribution in [3.05, 3.63) is 65.5 Å². The molecule has 0 aliphatic rings. The van der Waals surface area contributed by atoms with Crippen LogP contribution in [0.4, 0.5) is 8.78 Å². The highest BCUT2D eigenvalue weighted by molar-refractivity contribution is 7.99. The predicted molar refractivity (Wildman–Crippen MR) is 99.0 cm³/mol. The number of nitrogens with zero attached hydrogens (tertiary/aromatic N) is 3. The zero-order valence-electron chi connectivity index (χ0n) is 14.7. The molecule has 0 N–H and O–H groups in total. The maximum absolute atomic E-state index is 12.4. The predicted octanol–water partition coefficient (Wildman–Crippen LogP) is 4.46. The minimum Gasteiger partial charge on any atom is -0.435 e. The van der Waals surface area contributed by atoms with Gasteiger partial charge in [-0.2, -0.15) is 8.78 Å². The summed E-state index contributed by atoms with van der Waals surface area (Å²) in [6.07, 6.45) is 0. The molecule has 0 radical (unpaired) electrons. The number of benzene rings is 2. The molecule has 140 valence electrons. The molecular formula is C19H17F2N3O2S. The molecule has 3 aromatic rings. The molecule has 0 aliphatic carbocycles. The standard InChI is InChI=1S/C19H17F2N3O2S/c1-12-3-7-15(8-4-12)24-13(2)22-23-19(24)27-11-17(25)14-5-9-16(10-6-14)26-18(20)21/h3-10,18H,11H2,1-2H3. The van der Waals surface area contributed by atoms with Crippen molar-refractivity contribution in [2.24, 2.45) is 0 Å². The molecule has 5 nitrogen and oxygen atoms in total. The Morgan fingerprint density at radius 2 is 1.74 bits per heavy atom. The summed E-state index contributed by atoms with van der Waals surface area (Å²) in [5.74, 6) is 0.755. The number of ether oxygens (including phenoxy) is 1. The van der Waals surface area contributed by atoms with E-state index < -0.39 is 6.61 Å². The van der Waals surface area contributed by atoms with Crippen molar-refractivity contribution in [3.63, 3.8) is 0 Å². The Balaban J connectivity index is 1.70. The Kier molecular flexibility index (Phi) is 5.85. The summed E-state index contributed by atoms with van der Waals surface area (Å²) in [6.45, 7) is 0.966. The van der Waals surface area contributed by atoms with Gasteiger partial charge in [-0.3, -0.25) is 9.36 Å². The molecule has 0 fully saturated rings. The maximum Gasteiger partial charge on any atom is 0.387 e. The quantitative estimate of drug-likeness (QED) is 0.441. The molecule has 0 saturated carbocycles. The van der Waals surface area contributed by atoms with Gasteiger partial charge in [-0.15, -0.1) is 10.2 Å². The number of aryl methyl sites for hydroxylation is 2. The van der Waals surface area contributed by atoms with E-state index in [2.05, 4.69) is 14.9 Å². The second-order valence-corrected chi connectivity index (χ2v) is 6.76. The molecule has 0 saturated heterocycles. The van der Waals surface area contributed by atoms with E-state index in [1.165, 1.54) is 36.0 Å². The average molecular weight is 389 g/mol. The molecule has 2 aromatic carbocycles. The number of hydrogen-bond donors (Lipinski definition) is 0. The van der Waals surface area contributed by atoms with Crippen LogP contribution < -0.4 is 4.74 Å². The number of alkyl halides is 2. The molecule has 27 heavy (non-hydrogen) atoms. The number of aromatic nitrogens is 3. The van der Waals surface area contributed by atoms with Crippen molar-refractivity contribution in [1.82, 2.24) is 14.8 Å². The molecule has 3 rings (SSSR count). The third kappa shape index (κ3) is 4.71. The van der Waals surface area contributed by atoms with Gasteiger partial charge in [0.25, 0.3) is 0 Å². The van der Waals surface area contributed by atoms with Gasteiger partial charge in [-0.1, -0.05) is 29.5 Å². The zero-order chi connectivity index (χ0) is 19.4. The van der Waals surface area contributed by atoms with Gasteiger partial charge in [0.15, 0.2) is 10.9 Å². The summed E-state index contributed by atoms with van der Waals surface area (Å²) in [4.78, 5) is 12.4. The van der Waals surface area contributed by atoms with Gasteiger partial charge >= 0.3 is 6.61 Å². The first-order valence-electron chi connectivity index (χ1n) is 8.14. The highest BCUT2D eigenvalue weighted by atomic mass is 32.2. The summed E-state index contributed by atoms with van der Waals surface area (Å²) in [6, 6.07) is 13.6. The van der Waals surface area contributed by atoms with E-state index in [0.717, 1.165) is 17.1 Å². The van der Waals surface area contributed by atoms with Crippen molar-refractivity contribution in [1.29, 1.82) is 0 Å². The SMILES string of the molecule is Cc1ccc(-n2c(C)nnc2SCC(=O)c2ccc(OC(F)F)cc2)cc1. The second kappa shape index (κ2) is 8.30. The molecule has 0 unspecified atom stereocenters. The largest absolute Gasteiger partial charge is 0.435 e. The number of thioether (sulfide) groups is 1. The van der Waals surface area contributed by atoms with Crippen LogP contribution in [0.2, 0.25) is 0 Å². The molecular weight excluding hydrogens is 372 g/mol. The Bertz CT molecular complexity index is 925. The van der Waals surface area contributed by atoms with Crippen LogP contribution in [0, 0.1) is 13.8 Å². The molecule has 0 atom stereocenters. The number of rotatable bonds is 7. The van der Waals surface area contributed by atoms with E-state index in [4.69, 9.17) is 0 Å².